The summed E-state index contributed by atoms with van der Waals surface area (Å²) in [6.07, 6.45) is 7.72. The Bertz CT molecular complexity index is 517. The summed E-state index contributed by atoms with van der Waals surface area (Å²) in [5, 5.41) is 5.34. The summed E-state index contributed by atoms with van der Waals surface area (Å²) in [7, 11) is 1.46. The third-order valence-corrected chi connectivity index (χ3v) is 4.23. The van der Waals surface area contributed by atoms with Crippen LogP contribution in [-0.4, -0.2) is 55.1 Å². The minimum Gasteiger partial charge on any atom is -0.382 e. The second-order valence-corrected chi connectivity index (χ2v) is 6.29. The molecule has 0 spiro atoms. The lowest BCUT2D eigenvalue weighted by Gasteiger charge is -2.20. The van der Waals surface area contributed by atoms with Crippen LogP contribution < -0.4 is 10.6 Å². The highest BCUT2D eigenvalue weighted by molar-refractivity contribution is 6.08. The molecule has 0 bridgehead atoms. The van der Waals surface area contributed by atoms with E-state index in [4.69, 9.17) is 4.74 Å². The molecular weight excluding hydrogens is 298 g/mol. The van der Waals surface area contributed by atoms with Crippen LogP contribution in [0.1, 0.15) is 39.0 Å². The Morgan fingerprint density at radius 3 is 2.87 bits per heavy atom. The van der Waals surface area contributed by atoms with Gasteiger partial charge in [-0.3, -0.25) is 14.5 Å². The predicted octanol–water partition coefficient (Wildman–Crippen LogP) is 0.950. The van der Waals surface area contributed by atoms with Crippen LogP contribution in [0, 0.1) is 0 Å². The number of ether oxygens (including phenoxy) is 1. The summed E-state index contributed by atoms with van der Waals surface area (Å²) in [4.78, 5) is 37.0. The van der Waals surface area contributed by atoms with Crippen molar-refractivity contribution >= 4 is 17.8 Å². The van der Waals surface area contributed by atoms with Crippen LogP contribution in [-0.2, 0) is 14.3 Å². The highest BCUT2D eigenvalue weighted by Crippen LogP contribution is 2.19. The number of carbonyl (C=O) groups is 3. The lowest BCUT2D eigenvalue weighted by molar-refractivity contribution is -0.135. The topological polar surface area (TPSA) is 87.7 Å². The summed E-state index contributed by atoms with van der Waals surface area (Å²) in [5.41, 5.74) is 0.276. The van der Waals surface area contributed by atoms with Gasteiger partial charge in [-0.05, 0) is 39.0 Å². The van der Waals surface area contributed by atoms with Crippen LogP contribution in [0.5, 0.6) is 0 Å². The number of rotatable bonds is 7. The number of amides is 4. The van der Waals surface area contributed by atoms with E-state index in [1.54, 1.807) is 6.92 Å². The number of nitrogens with zero attached hydrogens (tertiary/aromatic N) is 1. The van der Waals surface area contributed by atoms with E-state index in [1.165, 1.54) is 25.5 Å². The van der Waals surface area contributed by atoms with E-state index in [0.29, 0.717) is 6.54 Å². The molecule has 1 atom stereocenters. The molecule has 0 aromatic rings. The average molecular weight is 323 g/mol. The second-order valence-electron chi connectivity index (χ2n) is 6.29. The Morgan fingerprint density at radius 1 is 1.43 bits per heavy atom. The molecule has 1 fully saturated rings. The van der Waals surface area contributed by atoms with Gasteiger partial charge in [-0.1, -0.05) is 11.6 Å². The van der Waals surface area contributed by atoms with Crippen molar-refractivity contribution in [1.82, 2.24) is 15.5 Å². The van der Waals surface area contributed by atoms with Gasteiger partial charge < -0.3 is 15.4 Å². The smallest absolute Gasteiger partial charge is 0.325 e. The summed E-state index contributed by atoms with van der Waals surface area (Å²) < 4.78 is 4.96. The van der Waals surface area contributed by atoms with Gasteiger partial charge in [0.15, 0.2) is 0 Å². The van der Waals surface area contributed by atoms with Gasteiger partial charge in [0, 0.05) is 13.7 Å². The third-order valence-electron chi connectivity index (χ3n) is 4.23. The molecule has 7 heteroatoms. The molecule has 0 saturated carbocycles. The van der Waals surface area contributed by atoms with Gasteiger partial charge in [0.05, 0.1) is 6.61 Å². The average Bonchev–Trinajstić information content (AvgIpc) is 2.72. The predicted molar refractivity (Wildman–Crippen MR) is 84.7 cm³/mol. The van der Waals surface area contributed by atoms with E-state index in [1.807, 2.05) is 0 Å². The number of hydrogen-bond donors (Lipinski definition) is 2. The van der Waals surface area contributed by atoms with Crippen molar-refractivity contribution < 1.29 is 19.1 Å². The monoisotopic (exact) mass is 323 g/mol. The van der Waals surface area contributed by atoms with Gasteiger partial charge in [0.2, 0.25) is 5.91 Å². The summed E-state index contributed by atoms with van der Waals surface area (Å²) >= 11 is 0. The first-order valence-corrected chi connectivity index (χ1v) is 8.04. The van der Waals surface area contributed by atoms with Crippen molar-refractivity contribution in [2.75, 3.05) is 26.8 Å². The summed E-state index contributed by atoms with van der Waals surface area (Å²) in [6, 6.07) is -0.556. The zero-order valence-electron chi connectivity index (χ0n) is 13.8. The van der Waals surface area contributed by atoms with Gasteiger partial charge in [-0.2, -0.15) is 0 Å². The Kier molecular flexibility index (Phi) is 5.76. The molecule has 0 aromatic heterocycles. The van der Waals surface area contributed by atoms with E-state index in [-0.39, 0.29) is 19.1 Å². The maximum atomic E-state index is 12.3. The van der Waals surface area contributed by atoms with E-state index in [0.717, 1.165) is 24.2 Å². The fraction of sp³-hybridized carbons (Fsp3) is 0.688. The van der Waals surface area contributed by atoms with Crippen LogP contribution in [0.15, 0.2) is 11.6 Å². The summed E-state index contributed by atoms with van der Waals surface area (Å²) in [6.45, 7) is 1.93. The van der Waals surface area contributed by atoms with Crippen molar-refractivity contribution in [3.05, 3.63) is 11.6 Å². The molecule has 1 aliphatic carbocycles. The number of imide groups is 1. The number of nitrogens with one attached hydrogen (secondary N) is 2. The number of methoxy groups -OCH3 is 1. The van der Waals surface area contributed by atoms with Gasteiger partial charge in [-0.15, -0.1) is 0 Å². The van der Waals surface area contributed by atoms with E-state index in [9.17, 15) is 14.4 Å². The van der Waals surface area contributed by atoms with E-state index < -0.39 is 17.5 Å². The van der Waals surface area contributed by atoms with E-state index >= 15 is 0 Å². The molecule has 7 nitrogen and oxygen atoms in total. The standard InChI is InChI=1S/C16H25N3O4/c1-16(11-23-2)14(21)19(15(22)18-16)10-13(20)17-9-8-12-6-4-3-5-7-12/h6H,3-5,7-11H2,1-2H3,(H,17,20)(H,18,22)/t16-/m0/s1. The lowest BCUT2D eigenvalue weighted by Crippen LogP contribution is -2.48. The molecule has 2 N–H and O–H groups in total. The van der Waals surface area contributed by atoms with Gasteiger partial charge in [0.25, 0.3) is 5.91 Å². The molecule has 0 aromatic carbocycles. The zero-order chi connectivity index (χ0) is 16.9. The normalized spacial score (nSPS) is 24.4. The molecule has 1 heterocycles. The Balaban J connectivity index is 1.79. The van der Waals surface area contributed by atoms with Crippen molar-refractivity contribution in [3.8, 4) is 0 Å². The molecule has 128 valence electrons. The van der Waals surface area contributed by atoms with E-state index in [2.05, 4.69) is 16.7 Å². The number of hydrogen-bond acceptors (Lipinski definition) is 4. The molecule has 23 heavy (non-hydrogen) atoms. The largest absolute Gasteiger partial charge is 0.382 e. The SMILES string of the molecule is COC[C@]1(C)NC(=O)N(CC(=O)NCCC2=CCCCC2)C1=O. The van der Waals surface area contributed by atoms with Crippen LogP contribution in [0.4, 0.5) is 4.79 Å². The van der Waals surface area contributed by atoms with Gasteiger partial charge in [0.1, 0.15) is 12.1 Å². The summed E-state index contributed by atoms with van der Waals surface area (Å²) in [5.74, 6) is -0.763. The maximum absolute atomic E-state index is 12.3. The Labute approximate surface area is 136 Å². The van der Waals surface area contributed by atoms with Crippen LogP contribution >= 0.6 is 0 Å². The highest BCUT2D eigenvalue weighted by Gasteiger charge is 2.48. The first-order chi connectivity index (χ1) is 11.0. The molecule has 0 unspecified atom stereocenters. The first-order valence-electron chi connectivity index (χ1n) is 8.04. The number of allylic oxidation sites excluding steroid dienone is 1. The highest BCUT2D eigenvalue weighted by atomic mass is 16.5. The minimum atomic E-state index is -1.10. The number of urea groups is 1. The fourth-order valence-corrected chi connectivity index (χ4v) is 2.97. The minimum absolute atomic E-state index is 0.0733. The maximum Gasteiger partial charge on any atom is 0.325 e. The molecular formula is C16H25N3O4. The van der Waals surface area contributed by atoms with Crippen molar-refractivity contribution in [1.29, 1.82) is 0 Å². The molecule has 0 radical (unpaired) electrons. The second kappa shape index (κ2) is 7.59. The lowest BCUT2D eigenvalue weighted by atomic mass is 9.97. The van der Waals surface area contributed by atoms with Gasteiger partial charge >= 0.3 is 6.03 Å². The van der Waals surface area contributed by atoms with Crippen molar-refractivity contribution in [2.45, 2.75) is 44.6 Å². The number of carbonyl (C=O) groups excluding carboxylic acids is 3. The van der Waals surface area contributed by atoms with Crippen LogP contribution in [0.3, 0.4) is 0 Å². The molecule has 1 aliphatic heterocycles. The van der Waals surface area contributed by atoms with Crippen LogP contribution in [0.2, 0.25) is 0 Å². The quantitative estimate of drug-likeness (QED) is 0.539. The Hall–Kier alpha value is -1.89. The van der Waals surface area contributed by atoms with Gasteiger partial charge in [-0.25, -0.2) is 4.79 Å². The first kappa shape index (κ1) is 17.5. The molecule has 1 saturated heterocycles. The molecule has 4 amide bonds. The fourth-order valence-electron chi connectivity index (χ4n) is 2.97. The molecule has 2 rings (SSSR count). The molecule has 2 aliphatic rings. The third kappa shape index (κ3) is 4.31. The van der Waals surface area contributed by atoms with Crippen LogP contribution in [0.25, 0.3) is 0 Å². The Morgan fingerprint density at radius 2 is 2.22 bits per heavy atom. The zero-order valence-corrected chi connectivity index (χ0v) is 13.8. The van der Waals surface area contributed by atoms with Crippen molar-refractivity contribution in [3.63, 3.8) is 0 Å². The van der Waals surface area contributed by atoms with Crippen molar-refractivity contribution in [2.24, 2.45) is 0 Å².